The van der Waals surface area contributed by atoms with E-state index in [1.165, 1.54) is 12.8 Å². The van der Waals surface area contributed by atoms with Gasteiger partial charge in [0.15, 0.2) is 0 Å². The molecule has 1 saturated carbocycles. The van der Waals surface area contributed by atoms with Crippen LogP contribution in [0.15, 0.2) is 0 Å². The van der Waals surface area contributed by atoms with Gasteiger partial charge in [-0.2, -0.15) is 0 Å². The fraction of sp³-hybridized carbons (Fsp3) is 0.769. The summed E-state index contributed by atoms with van der Waals surface area (Å²) < 4.78 is 0. The van der Waals surface area contributed by atoms with Crippen LogP contribution >= 0.6 is 0 Å². The van der Waals surface area contributed by atoms with E-state index in [1.807, 2.05) is 6.92 Å². The summed E-state index contributed by atoms with van der Waals surface area (Å²) in [5.41, 5.74) is 4.97. The van der Waals surface area contributed by atoms with Gasteiger partial charge in [0.05, 0.1) is 0 Å². The summed E-state index contributed by atoms with van der Waals surface area (Å²) in [6.45, 7) is 1.93. The van der Waals surface area contributed by atoms with E-state index in [9.17, 15) is 14.4 Å². The van der Waals surface area contributed by atoms with Gasteiger partial charge < -0.3 is 21.5 Å². The van der Waals surface area contributed by atoms with Crippen molar-refractivity contribution in [3.05, 3.63) is 0 Å². The molecular formula is C13H23N3O4. The number of carbonyl (C=O) groups excluding carboxylic acids is 2. The van der Waals surface area contributed by atoms with Gasteiger partial charge in [-0.15, -0.1) is 0 Å². The number of nitrogens with two attached hydrogens (primary N) is 1. The summed E-state index contributed by atoms with van der Waals surface area (Å²) in [5, 5.41) is 14.1. The third-order valence-electron chi connectivity index (χ3n) is 3.75. The number of amides is 3. The number of carboxylic acids is 1. The van der Waals surface area contributed by atoms with Crippen LogP contribution in [0.4, 0.5) is 4.79 Å². The fourth-order valence-electron chi connectivity index (χ4n) is 2.53. The number of nitrogens with one attached hydrogen (secondary N) is 2. The Hall–Kier alpha value is -1.79. The Labute approximate surface area is 118 Å². The second kappa shape index (κ2) is 7.72. The molecule has 114 valence electrons. The highest BCUT2D eigenvalue weighted by atomic mass is 16.4. The van der Waals surface area contributed by atoms with Gasteiger partial charge in [0.25, 0.3) is 0 Å². The molecule has 0 radical (unpaired) electrons. The predicted octanol–water partition coefficient (Wildman–Crippen LogP) is 0.583. The Morgan fingerprint density at radius 2 is 1.85 bits per heavy atom. The number of aliphatic carboxylic acids is 1. The van der Waals surface area contributed by atoms with E-state index in [4.69, 9.17) is 10.8 Å². The summed E-state index contributed by atoms with van der Waals surface area (Å²) in [7, 11) is 0. The Kier molecular flexibility index (Phi) is 6.27. The molecule has 1 rings (SSSR count). The molecule has 3 amide bonds. The molecular weight excluding hydrogens is 262 g/mol. The standard InChI is InChI=1S/C13H23N3O4/c1-8(9-4-2-3-5-9)15-13(20)16-10(12(18)19)6-7-11(14)17/h8-10H,2-7H2,1H3,(H2,14,17)(H,18,19)(H2,15,16,20)/t8?,10-/m0/s1. The van der Waals surface area contributed by atoms with Gasteiger partial charge in [-0.3, -0.25) is 4.79 Å². The fourth-order valence-corrected chi connectivity index (χ4v) is 2.53. The lowest BCUT2D eigenvalue weighted by molar-refractivity contribution is -0.139. The van der Waals surface area contributed by atoms with Crippen molar-refractivity contribution in [2.24, 2.45) is 11.7 Å². The van der Waals surface area contributed by atoms with Gasteiger partial charge in [0, 0.05) is 12.5 Å². The lowest BCUT2D eigenvalue weighted by Crippen LogP contribution is -2.49. The van der Waals surface area contributed by atoms with Gasteiger partial charge in [0.1, 0.15) is 6.04 Å². The van der Waals surface area contributed by atoms with Crippen LogP contribution in [0.25, 0.3) is 0 Å². The first kappa shape index (κ1) is 16.3. The van der Waals surface area contributed by atoms with E-state index in [-0.39, 0.29) is 18.9 Å². The molecule has 5 N–H and O–H groups in total. The molecule has 0 aromatic rings. The molecule has 1 fully saturated rings. The molecule has 20 heavy (non-hydrogen) atoms. The third kappa shape index (κ3) is 5.46. The summed E-state index contributed by atoms with van der Waals surface area (Å²) in [6, 6.07) is -1.59. The number of carbonyl (C=O) groups is 3. The molecule has 1 unspecified atom stereocenters. The van der Waals surface area contributed by atoms with Crippen LogP contribution in [0.3, 0.4) is 0 Å². The molecule has 0 heterocycles. The Balaban J connectivity index is 2.40. The van der Waals surface area contributed by atoms with Crippen molar-refractivity contribution in [2.75, 3.05) is 0 Å². The van der Waals surface area contributed by atoms with E-state index in [0.29, 0.717) is 5.92 Å². The van der Waals surface area contributed by atoms with Crippen LogP contribution in [0, 0.1) is 5.92 Å². The molecule has 1 aliphatic carbocycles. The van der Waals surface area contributed by atoms with Crippen LogP contribution in [0.5, 0.6) is 0 Å². The zero-order chi connectivity index (χ0) is 15.1. The second-order valence-electron chi connectivity index (χ2n) is 5.35. The highest BCUT2D eigenvalue weighted by molar-refractivity contribution is 5.83. The van der Waals surface area contributed by atoms with E-state index < -0.39 is 23.9 Å². The average molecular weight is 285 g/mol. The normalized spacial score (nSPS) is 18.2. The van der Waals surface area contributed by atoms with Crippen molar-refractivity contribution in [2.45, 2.75) is 57.5 Å². The van der Waals surface area contributed by atoms with Crippen molar-refractivity contribution < 1.29 is 19.5 Å². The number of hydrogen-bond acceptors (Lipinski definition) is 3. The van der Waals surface area contributed by atoms with E-state index in [0.717, 1.165) is 12.8 Å². The molecule has 1 aliphatic rings. The van der Waals surface area contributed by atoms with Gasteiger partial charge in [-0.05, 0) is 32.1 Å². The summed E-state index contributed by atoms with van der Waals surface area (Å²) in [6.07, 6.45) is 4.45. The van der Waals surface area contributed by atoms with Crippen LogP contribution in [0.2, 0.25) is 0 Å². The van der Waals surface area contributed by atoms with Gasteiger partial charge in [0.2, 0.25) is 5.91 Å². The molecule has 0 bridgehead atoms. The third-order valence-corrected chi connectivity index (χ3v) is 3.75. The lowest BCUT2D eigenvalue weighted by Gasteiger charge is -2.22. The monoisotopic (exact) mass is 285 g/mol. The quantitative estimate of drug-likeness (QED) is 0.546. The summed E-state index contributed by atoms with van der Waals surface area (Å²) in [4.78, 5) is 33.4. The maximum atomic E-state index is 11.8. The van der Waals surface area contributed by atoms with Crippen LogP contribution in [-0.4, -0.2) is 35.1 Å². The Morgan fingerprint density at radius 1 is 1.25 bits per heavy atom. The number of rotatable bonds is 7. The zero-order valence-corrected chi connectivity index (χ0v) is 11.7. The van der Waals surface area contributed by atoms with Crippen LogP contribution in [-0.2, 0) is 9.59 Å². The molecule has 0 aromatic carbocycles. The molecule has 0 spiro atoms. The Bertz CT molecular complexity index is 367. The SMILES string of the molecule is CC(NC(=O)N[C@@H](CCC(N)=O)C(=O)O)C1CCCC1. The Morgan fingerprint density at radius 3 is 2.35 bits per heavy atom. The maximum absolute atomic E-state index is 11.8. The van der Waals surface area contributed by atoms with Gasteiger partial charge in [-0.25, -0.2) is 9.59 Å². The average Bonchev–Trinajstić information content (AvgIpc) is 2.87. The minimum absolute atomic E-state index is 0.00407. The van der Waals surface area contributed by atoms with Gasteiger partial charge in [-0.1, -0.05) is 12.8 Å². The maximum Gasteiger partial charge on any atom is 0.326 e. The van der Waals surface area contributed by atoms with E-state index >= 15 is 0 Å². The minimum Gasteiger partial charge on any atom is -0.480 e. The lowest BCUT2D eigenvalue weighted by atomic mass is 10.0. The molecule has 0 aromatic heterocycles. The van der Waals surface area contributed by atoms with Gasteiger partial charge >= 0.3 is 12.0 Å². The van der Waals surface area contributed by atoms with Crippen molar-refractivity contribution in [3.8, 4) is 0 Å². The van der Waals surface area contributed by atoms with Crippen molar-refractivity contribution in [1.82, 2.24) is 10.6 Å². The largest absolute Gasteiger partial charge is 0.480 e. The van der Waals surface area contributed by atoms with Crippen molar-refractivity contribution >= 4 is 17.9 Å². The first-order valence-electron chi connectivity index (χ1n) is 6.98. The molecule has 7 heteroatoms. The number of carboxylic acid groups (broad SMARTS) is 1. The highest BCUT2D eigenvalue weighted by Crippen LogP contribution is 2.27. The first-order chi connectivity index (χ1) is 9.40. The molecule has 0 aliphatic heterocycles. The minimum atomic E-state index is -1.17. The second-order valence-corrected chi connectivity index (χ2v) is 5.35. The van der Waals surface area contributed by atoms with E-state index in [2.05, 4.69) is 10.6 Å². The molecule has 2 atom stereocenters. The highest BCUT2D eigenvalue weighted by Gasteiger charge is 2.25. The number of hydrogen-bond donors (Lipinski definition) is 4. The zero-order valence-electron chi connectivity index (χ0n) is 11.7. The molecule has 0 saturated heterocycles. The smallest absolute Gasteiger partial charge is 0.326 e. The molecule has 7 nitrogen and oxygen atoms in total. The van der Waals surface area contributed by atoms with E-state index in [1.54, 1.807) is 0 Å². The summed E-state index contributed by atoms with van der Waals surface area (Å²) in [5.74, 6) is -1.30. The first-order valence-corrected chi connectivity index (χ1v) is 6.98. The summed E-state index contributed by atoms with van der Waals surface area (Å²) >= 11 is 0. The van der Waals surface area contributed by atoms with Crippen LogP contribution in [0.1, 0.15) is 45.4 Å². The van der Waals surface area contributed by atoms with Crippen molar-refractivity contribution in [3.63, 3.8) is 0 Å². The topological polar surface area (TPSA) is 122 Å². The predicted molar refractivity (Wildman–Crippen MR) is 72.9 cm³/mol. The number of primary amides is 1. The number of urea groups is 1. The van der Waals surface area contributed by atoms with Crippen LogP contribution < -0.4 is 16.4 Å². The van der Waals surface area contributed by atoms with Crippen molar-refractivity contribution in [1.29, 1.82) is 0 Å².